The second kappa shape index (κ2) is 7.08. The molecule has 0 atom stereocenters. The van der Waals surface area contributed by atoms with Crippen LogP contribution in [-0.4, -0.2) is 23.1 Å². The molecule has 0 spiro atoms. The summed E-state index contributed by atoms with van der Waals surface area (Å²) in [5.74, 6) is 3.08. The number of hydrogen-bond acceptors (Lipinski definition) is 6. The molecule has 0 unspecified atom stereocenters. The molecular formula is C22H18N4O2. The third kappa shape index (κ3) is 3.16. The molecule has 1 aliphatic rings. The van der Waals surface area contributed by atoms with Crippen molar-refractivity contribution in [1.29, 1.82) is 0 Å². The predicted molar refractivity (Wildman–Crippen MR) is 110 cm³/mol. The number of ether oxygens (including phenoxy) is 2. The Morgan fingerprint density at radius 1 is 0.893 bits per heavy atom. The van der Waals surface area contributed by atoms with Crippen LogP contribution in [0.2, 0.25) is 0 Å². The molecule has 0 fully saturated rings. The molecule has 0 saturated carbocycles. The van der Waals surface area contributed by atoms with Crippen LogP contribution in [0.15, 0.2) is 73.1 Å². The zero-order valence-electron chi connectivity index (χ0n) is 15.1. The largest absolute Gasteiger partial charge is 0.489 e. The van der Waals surface area contributed by atoms with Gasteiger partial charge in [0.2, 0.25) is 0 Å². The number of para-hydroxylation sites is 1. The van der Waals surface area contributed by atoms with E-state index in [0.717, 1.165) is 46.1 Å². The minimum absolute atomic E-state index is 0.617. The van der Waals surface area contributed by atoms with Crippen molar-refractivity contribution in [2.45, 2.75) is 0 Å². The molecule has 2 heterocycles. The third-order valence-electron chi connectivity index (χ3n) is 4.52. The Hall–Kier alpha value is -3.80. The van der Waals surface area contributed by atoms with Crippen LogP contribution in [-0.2, 0) is 0 Å². The molecule has 0 aliphatic carbocycles. The van der Waals surface area contributed by atoms with Crippen molar-refractivity contribution in [2.24, 2.45) is 0 Å². The van der Waals surface area contributed by atoms with Crippen molar-refractivity contribution in [3.8, 4) is 17.2 Å². The summed E-state index contributed by atoms with van der Waals surface area (Å²) in [7, 11) is 0. The maximum absolute atomic E-state index is 5.90. The highest BCUT2D eigenvalue weighted by atomic mass is 16.5. The van der Waals surface area contributed by atoms with E-state index in [1.54, 1.807) is 6.33 Å². The summed E-state index contributed by atoms with van der Waals surface area (Å²) in [4.78, 5) is 8.81. The van der Waals surface area contributed by atoms with Crippen LogP contribution >= 0.6 is 0 Å². The second-order valence-corrected chi connectivity index (χ2v) is 6.40. The molecule has 2 N–H and O–H groups in total. The standard InChI is InChI=1S/C22H18N4O2/c1-2-4-16(5-3-1)28-17-8-6-15(7-9-17)26-22-20-18(24-14-25-22)10-11-19-21(20)27-13-12-23-19/h1-11,14,23H,12-13H2,(H,24,25,26). The number of rotatable bonds is 4. The number of aromatic nitrogens is 2. The fraction of sp³-hybridized carbons (Fsp3) is 0.0909. The molecule has 0 radical (unpaired) electrons. The second-order valence-electron chi connectivity index (χ2n) is 6.40. The van der Waals surface area contributed by atoms with Crippen LogP contribution in [0.1, 0.15) is 0 Å². The van der Waals surface area contributed by atoms with Crippen LogP contribution in [0.5, 0.6) is 17.2 Å². The molecule has 138 valence electrons. The number of benzene rings is 3. The van der Waals surface area contributed by atoms with E-state index in [2.05, 4.69) is 20.6 Å². The summed E-state index contributed by atoms with van der Waals surface area (Å²) in [6, 6.07) is 21.4. The summed E-state index contributed by atoms with van der Waals surface area (Å²) in [5, 5.41) is 7.60. The Labute approximate surface area is 162 Å². The zero-order chi connectivity index (χ0) is 18.8. The van der Waals surface area contributed by atoms with E-state index < -0.39 is 0 Å². The molecule has 0 saturated heterocycles. The van der Waals surface area contributed by atoms with Crippen molar-refractivity contribution in [3.05, 3.63) is 73.1 Å². The maximum atomic E-state index is 5.90. The molecule has 1 aromatic heterocycles. The van der Waals surface area contributed by atoms with Gasteiger partial charge in [0.25, 0.3) is 0 Å². The molecule has 28 heavy (non-hydrogen) atoms. The highest BCUT2D eigenvalue weighted by molar-refractivity contribution is 5.99. The Balaban J connectivity index is 1.44. The monoisotopic (exact) mass is 370 g/mol. The van der Waals surface area contributed by atoms with Crippen molar-refractivity contribution in [1.82, 2.24) is 9.97 Å². The lowest BCUT2D eigenvalue weighted by atomic mass is 10.1. The average molecular weight is 370 g/mol. The number of hydrogen-bond donors (Lipinski definition) is 2. The van der Waals surface area contributed by atoms with Crippen molar-refractivity contribution in [3.63, 3.8) is 0 Å². The summed E-state index contributed by atoms with van der Waals surface area (Å²) in [6.45, 7) is 1.41. The fourth-order valence-corrected chi connectivity index (χ4v) is 3.21. The Bertz CT molecular complexity index is 1110. The van der Waals surface area contributed by atoms with Gasteiger partial charge in [-0.1, -0.05) is 18.2 Å². The lowest BCUT2D eigenvalue weighted by Gasteiger charge is -2.21. The summed E-state index contributed by atoms with van der Waals surface area (Å²) >= 11 is 0. The molecule has 1 aliphatic heterocycles. The van der Waals surface area contributed by atoms with Crippen molar-refractivity contribution >= 4 is 28.1 Å². The molecule has 6 heteroatoms. The van der Waals surface area contributed by atoms with Gasteiger partial charge in [0.1, 0.15) is 30.3 Å². The number of fused-ring (bicyclic) bond motifs is 3. The summed E-state index contributed by atoms with van der Waals surface area (Å²) < 4.78 is 11.7. The third-order valence-corrected chi connectivity index (χ3v) is 4.52. The van der Waals surface area contributed by atoms with Crippen LogP contribution in [0, 0.1) is 0 Å². The van der Waals surface area contributed by atoms with E-state index in [9.17, 15) is 0 Å². The first-order chi connectivity index (χ1) is 13.9. The fourth-order valence-electron chi connectivity index (χ4n) is 3.21. The normalized spacial score (nSPS) is 12.6. The van der Waals surface area contributed by atoms with Gasteiger partial charge >= 0.3 is 0 Å². The molecule has 5 rings (SSSR count). The Morgan fingerprint density at radius 2 is 1.71 bits per heavy atom. The van der Waals surface area contributed by atoms with Gasteiger partial charge in [-0.25, -0.2) is 9.97 Å². The van der Waals surface area contributed by atoms with E-state index in [1.807, 2.05) is 66.7 Å². The van der Waals surface area contributed by atoms with Crippen molar-refractivity contribution in [2.75, 3.05) is 23.8 Å². The maximum Gasteiger partial charge on any atom is 0.155 e. The SMILES string of the molecule is c1ccc(Oc2ccc(Nc3ncnc4ccc5c(c34)OCCN5)cc2)cc1. The highest BCUT2D eigenvalue weighted by Gasteiger charge is 2.17. The predicted octanol–water partition coefficient (Wildman–Crippen LogP) is 4.97. The lowest BCUT2D eigenvalue weighted by molar-refractivity contribution is 0.327. The molecule has 0 bridgehead atoms. The van der Waals surface area contributed by atoms with E-state index in [-0.39, 0.29) is 0 Å². The minimum Gasteiger partial charge on any atom is -0.489 e. The van der Waals surface area contributed by atoms with E-state index >= 15 is 0 Å². The van der Waals surface area contributed by atoms with Gasteiger partial charge in [-0.3, -0.25) is 0 Å². The number of nitrogens with one attached hydrogen (secondary N) is 2. The summed E-state index contributed by atoms with van der Waals surface area (Å²) in [6.07, 6.45) is 1.56. The minimum atomic E-state index is 0.617. The van der Waals surface area contributed by atoms with Gasteiger partial charge in [-0.05, 0) is 48.5 Å². The van der Waals surface area contributed by atoms with Crippen LogP contribution in [0.25, 0.3) is 10.9 Å². The van der Waals surface area contributed by atoms with Gasteiger partial charge in [-0.15, -0.1) is 0 Å². The van der Waals surface area contributed by atoms with Gasteiger partial charge in [0.05, 0.1) is 16.6 Å². The van der Waals surface area contributed by atoms with Gasteiger partial charge < -0.3 is 20.1 Å². The van der Waals surface area contributed by atoms with E-state index in [1.165, 1.54) is 0 Å². The molecule has 0 amide bonds. The number of anilines is 3. The topological polar surface area (TPSA) is 68.3 Å². The quantitative estimate of drug-likeness (QED) is 0.529. The van der Waals surface area contributed by atoms with Crippen LogP contribution < -0.4 is 20.1 Å². The smallest absolute Gasteiger partial charge is 0.155 e. The first-order valence-corrected chi connectivity index (χ1v) is 9.11. The molecular weight excluding hydrogens is 352 g/mol. The Kier molecular flexibility index (Phi) is 4.14. The first-order valence-electron chi connectivity index (χ1n) is 9.11. The lowest BCUT2D eigenvalue weighted by Crippen LogP contribution is -2.18. The van der Waals surface area contributed by atoms with Crippen LogP contribution in [0.4, 0.5) is 17.2 Å². The van der Waals surface area contributed by atoms with Crippen LogP contribution in [0.3, 0.4) is 0 Å². The van der Waals surface area contributed by atoms with Crippen molar-refractivity contribution < 1.29 is 9.47 Å². The molecule has 3 aromatic carbocycles. The Morgan fingerprint density at radius 3 is 2.57 bits per heavy atom. The molecule has 4 aromatic rings. The van der Waals surface area contributed by atoms with E-state index in [0.29, 0.717) is 12.4 Å². The van der Waals surface area contributed by atoms with Gasteiger partial charge in [0.15, 0.2) is 5.75 Å². The highest BCUT2D eigenvalue weighted by Crippen LogP contribution is 2.39. The average Bonchev–Trinajstić information content (AvgIpc) is 2.76. The summed E-state index contributed by atoms with van der Waals surface area (Å²) in [5.41, 5.74) is 2.70. The zero-order valence-corrected chi connectivity index (χ0v) is 15.1. The molecule has 6 nitrogen and oxygen atoms in total. The first kappa shape index (κ1) is 16.4. The van der Waals surface area contributed by atoms with Gasteiger partial charge in [-0.2, -0.15) is 0 Å². The number of nitrogens with zero attached hydrogens (tertiary/aromatic N) is 2. The van der Waals surface area contributed by atoms with E-state index in [4.69, 9.17) is 9.47 Å². The van der Waals surface area contributed by atoms with Gasteiger partial charge in [0, 0.05) is 12.2 Å².